The molecule has 0 fully saturated rings. The smallest absolute Gasteiger partial charge is 0.166 e. The highest BCUT2D eigenvalue weighted by atomic mass is 32.2. The van der Waals surface area contributed by atoms with Crippen LogP contribution in [0.4, 0.5) is 0 Å². The Morgan fingerprint density at radius 1 is 1.53 bits per heavy atom. The van der Waals surface area contributed by atoms with E-state index in [1.165, 1.54) is 0 Å². The normalized spacial score (nSPS) is 10.7. The molecule has 0 aliphatic heterocycles. The van der Waals surface area contributed by atoms with Crippen molar-refractivity contribution in [3.63, 3.8) is 0 Å². The zero-order chi connectivity index (χ0) is 12.3. The van der Waals surface area contributed by atoms with E-state index in [1.54, 1.807) is 25.8 Å². The Morgan fingerprint density at radius 3 is 3.06 bits per heavy atom. The fourth-order valence-electron chi connectivity index (χ4n) is 1.45. The number of hydrogen-bond donors (Lipinski definition) is 1. The number of carbonyl (C=O) groups excluding carboxylic acids is 1. The Labute approximate surface area is 104 Å². The van der Waals surface area contributed by atoms with Crippen LogP contribution in [0.2, 0.25) is 0 Å². The molecule has 4 nitrogen and oxygen atoms in total. The van der Waals surface area contributed by atoms with Crippen LogP contribution in [0.15, 0.2) is 23.4 Å². The number of fused-ring (bicyclic) bond motifs is 1. The second-order valence-electron chi connectivity index (χ2n) is 3.73. The molecule has 0 bridgehead atoms. The highest BCUT2D eigenvalue weighted by Gasteiger charge is 2.04. The number of Topliss-reactive ketones (excluding diaryl/α,β-unsaturated/α-hetero) is 1. The summed E-state index contributed by atoms with van der Waals surface area (Å²) in [5, 5.41) is 0.842. The number of carbonyl (C=O) groups is 1. The number of H-pyrrole nitrogens is 1. The third kappa shape index (κ3) is 3.00. The van der Waals surface area contributed by atoms with Crippen molar-refractivity contribution in [1.29, 1.82) is 0 Å². The molecular weight excluding hydrogens is 236 g/mol. The SMILES string of the molecule is COc1ccc2nc(SCCC(C)=O)[nH]c2c1. The maximum Gasteiger partial charge on any atom is 0.166 e. The van der Waals surface area contributed by atoms with Gasteiger partial charge in [-0.1, -0.05) is 11.8 Å². The number of aromatic amines is 1. The van der Waals surface area contributed by atoms with Gasteiger partial charge in [-0.25, -0.2) is 4.98 Å². The fraction of sp³-hybridized carbons (Fsp3) is 0.333. The van der Waals surface area contributed by atoms with Crippen molar-refractivity contribution in [2.45, 2.75) is 18.5 Å². The summed E-state index contributed by atoms with van der Waals surface area (Å²) in [7, 11) is 1.64. The molecule has 0 saturated heterocycles. The lowest BCUT2D eigenvalue weighted by molar-refractivity contribution is -0.116. The van der Waals surface area contributed by atoms with E-state index < -0.39 is 0 Å². The van der Waals surface area contributed by atoms with E-state index in [4.69, 9.17) is 4.74 Å². The first-order chi connectivity index (χ1) is 8.19. The molecule has 5 heteroatoms. The zero-order valence-corrected chi connectivity index (χ0v) is 10.6. The van der Waals surface area contributed by atoms with Gasteiger partial charge in [-0.05, 0) is 19.1 Å². The molecule has 1 N–H and O–H groups in total. The Hall–Kier alpha value is -1.49. The summed E-state index contributed by atoms with van der Waals surface area (Å²) in [5.74, 6) is 1.77. The minimum atomic E-state index is 0.204. The minimum Gasteiger partial charge on any atom is -0.497 e. The van der Waals surface area contributed by atoms with E-state index >= 15 is 0 Å². The molecule has 90 valence electrons. The van der Waals surface area contributed by atoms with E-state index in [2.05, 4.69) is 9.97 Å². The largest absolute Gasteiger partial charge is 0.497 e. The molecule has 1 aromatic carbocycles. The van der Waals surface area contributed by atoms with Crippen LogP contribution < -0.4 is 4.74 Å². The quantitative estimate of drug-likeness (QED) is 0.829. The molecule has 17 heavy (non-hydrogen) atoms. The maximum absolute atomic E-state index is 10.8. The Bertz CT molecular complexity index is 536. The number of thioether (sulfide) groups is 1. The van der Waals surface area contributed by atoms with Crippen LogP contribution in [-0.2, 0) is 4.79 Å². The Kier molecular flexibility index (Phi) is 3.68. The monoisotopic (exact) mass is 250 g/mol. The first-order valence-electron chi connectivity index (χ1n) is 5.35. The van der Waals surface area contributed by atoms with Gasteiger partial charge in [0, 0.05) is 18.2 Å². The summed E-state index contributed by atoms with van der Waals surface area (Å²) in [5.41, 5.74) is 1.87. The molecule has 1 heterocycles. The summed E-state index contributed by atoms with van der Waals surface area (Å²) in [6, 6.07) is 5.71. The van der Waals surface area contributed by atoms with Crippen molar-refractivity contribution in [1.82, 2.24) is 9.97 Å². The van der Waals surface area contributed by atoms with Crippen molar-refractivity contribution >= 4 is 28.6 Å². The van der Waals surface area contributed by atoms with Gasteiger partial charge in [0.25, 0.3) is 0 Å². The van der Waals surface area contributed by atoms with E-state index in [1.807, 2.05) is 18.2 Å². The van der Waals surface area contributed by atoms with Crippen molar-refractivity contribution in [3.8, 4) is 5.75 Å². The number of benzene rings is 1. The molecule has 0 unspecified atom stereocenters. The third-order valence-corrected chi connectivity index (χ3v) is 3.24. The highest BCUT2D eigenvalue weighted by Crippen LogP contribution is 2.23. The first-order valence-corrected chi connectivity index (χ1v) is 6.33. The van der Waals surface area contributed by atoms with E-state index in [-0.39, 0.29) is 5.78 Å². The average molecular weight is 250 g/mol. The second-order valence-corrected chi connectivity index (χ2v) is 4.81. The number of ketones is 1. The summed E-state index contributed by atoms with van der Waals surface area (Å²) in [4.78, 5) is 18.5. The van der Waals surface area contributed by atoms with Gasteiger partial charge in [0.05, 0.1) is 18.1 Å². The Balaban J connectivity index is 2.11. The number of imidazole rings is 1. The molecule has 0 aliphatic carbocycles. The van der Waals surface area contributed by atoms with Gasteiger partial charge in [-0.3, -0.25) is 4.79 Å². The lowest BCUT2D eigenvalue weighted by Gasteiger charge is -1.96. The number of hydrogen-bond acceptors (Lipinski definition) is 4. The first kappa shape index (κ1) is 12.0. The van der Waals surface area contributed by atoms with Crippen LogP contribution in [-0.4, -0.2) is 28.6 Å². The number of rotatable bonds is 5. The van der Waals surface area contributed by atoms with Crippen molar-refractivity contribution in [3.05, 3.63) is 18.2 Å². The van der Waals surface area contributed by atoms with Crippen molar-refractivity contribution in [2.24, 2.45) is 0 Å². The van der Waals surface area contributed by atoms with Gasteiger partial charge in [0.1, 0.15) is 11.5 Å². The Morgan fingerprint density at radius 2 is 2.35 bits per heavy atom. The molecule has 2 aromatic rings. The summed E-state index contributed by atoms with van der Waals surface area (Å²) in [6.45, 7) is 1.60. The summed E-state index contributed by atoms with van der Waals surface area (Å²) in [6.07, 6.45) is 0.574. The molecule has 0 radical (unpaired) electrons. The van der Waals surface area contributed by atoms with Crippen LogP contribution in [0.25, 0.3) is 11.0 Å². The van der Waals surface area contributed by atoms with Crippen LogP contribution in [0.1, 0.15) is 13.3 Å². The molecule has 0 atom stereocenters. The summed E-state index contributed by atoms with van der Waals surface area (Å²) >= 11 is 1.56. The van der Waals surface area contributed by atoms with E-state index in [9.17, 15) is 4.79 Å². The van der Waals surface area contributed by atoms with Crippen LogP contribution in [0, 0.1) is 0 Å². The van der Waals surface area contributed by atoms with Crippen LogP contribution in [0.5, 0.6) is 5.75 Å². The predicted octanol–water partition coefficient (Wildman–Crippen LogP) is 2.64. The standard InChI is InChI=1S/C12H14N2O2S/c1-8(15)5-6-17-12-13-10-4-3-9(16-2)7-11(10)14-12/h3-4,7H,5-6H2,1-2H3,(H,13,14). The van der Waals surface area contributed by atoms with E-state index in [0.29, 0.717) is 6.42 Å². The molecule has 1 aromatic heterocycles. The van der Waals surface area contributed by atoms with Gasteiger partial charge in [0.2, 0.25) is 0 Å². The van der Waals surface area contributed by atoms with Crippen LogP contribution in [0.3, 0.4) is 0 Å². The predicted molar refractivity (Wildman–Crippen MR) is 68.7 cm³/mol. The molecule has 2 rings (SSSR count). The summed E-state index contributed by atoms with van der Waals surface area (Å²) < 4.78 is 5.14. The number of ether oxygens (including phenoxy) is 1. The van der Waals surface area contributed by atoms with Gasteiger partial charge < -0.3 is 9.72 Å². The minimum absolute atomic E-state index is 0.204. The van der Waals surface area contributed by atoms with Gasteiger partial charge in [-0.15, -0.1) is 0 Å². The maximum atomic E-state index is 10.8. The number of aromatic nitrogens is 2. The van der Waals surface area contributed by atoms with Crippen molar-refractivity contribution in [2.75, 3.05) is 12.9 Å². The van der Waals surface area contributed by atoms with Gasteiger partial charge in [0.15, 0.2) is 5.16 Å². The number of nitrogens with one attached hydrogen (secondary N) is 1. The van der Waals surface area contributed by atoms with Gasteiger partial charge >= 0.3 is 0 Å². The topological polar surface area (TPSA) is 55.0 Å². The molecular formula is C12H14N2O2S. The van der Waals surface area contributed by atoms with Gasteiger partial charge in [-0.2, -0.15) is 0 Å². The van der Waals surface area contributed by atoms with E-state index in [0.717, 1.165) is 27.7 Å². The van der Waals surface area contributed by atoms with Crippen LogP contribution >= 0.6 is 11.8 Å². The molecule has 0 aliphatic rings. The average Bonchev–Trinajstić information content (AvgIpc) is 2.69. The number of nitrogens with zero attached hydrogens (tertiary/aromatic N) is 1. The number of methoxy groups -OCH3 is 1. The fourth-order valence-corrected chi connectivity index (χ4v) is 2.38. The van der Waals surface area contributed by atoms with Crippen molar-refractivity contribution < 1.29 is 9.53 Å². The molecule has 0 amide bonds. The second kappa shape index (κ2) is 5.23. The lowest BCUT2D eigenvalue weighted by atomic mass is 10.3. The molecule has 0 saturated carbocycles. The lowest BCUT2D eigenvalue weighted by Crippen LogP contribution is -1.91. The molecule has 0 spiro atoms. The third-order valence-electron chi connectivity index (χ3n) is 2.36. The highest BCUT2D eigenvalue weighted by molar-refractivity contribution is 7.99. The zero-order valence-electron chi connectivity index (χ0n) is 9.82.